The van der Waals surface area contributed by atoms with Crippen LogP contribution < -0.4 is 10.6 Å². The maximum absolute atomic E-state index is 5.26. The van der Waals surface area contributed by atoms with E-state index in [1.165, 1.54) is 0 Å². The van der Waals surface area contributed by atoms with Gasteiger partial charge in [0, 0.05) is 31.5 Å². The van der Waals surface area contributed by atoms with E-state index in [0.29, 0.717) is 0 Å². The normalized spacial score (nSPS) is 17.4. The molecule has 2 N–H and O–H groups in total. The first-order chi connectivity index (χ1) is 10.2. The number of nitrogens with zero attached hydrogens (tertiary/aromatic N) is 4. The Hall–Kier alpha value is -1.63. The van der Waals surface area contributed by atoms with Gasteiger partial charge in [0.15, 0.2) is 5.96 Å². The van der Waals surface area contributed by atoms with E-state index in [2.05, 4.69) is 51.2 Å². The van der Waals surface area contributed by atoms with Crippen LogP contribution in [0.4, 0.5) is 0 Å². The third-order valence-corrected chi connectivity index (χ3v) is 3.52. The van der Waals surface area contributed by atoms with Gasteiger partial charge < -0.3 is 19.9 Å². The first kappa shape index (κ1) is 15.8. The Kier molecular flexibility index (Phi) is 5.55. The fourth-order valence-corrected chi connectivity index (χ4v) is 2.19. The van der Waals surface area contributed by atoms with Crippen molar-refractivity contribution in [1.82, 2.24) is 25.4 Å². The lowest BCUT2D eigenvalue weighted by Crippen LogP contribution is -2.44. The molecule has 21 heavy (non-hydrogen) atoms. The Morgan fingerprint density at radius 2 is 2.24 bits per heavy atom. The van der Waals surface area contributed by atoms with Crippen LogP contribution in [0.15, 0.2) is 11.3 Å². The molecule has 0 saturated carbocycles. The Morgan fingerprint density at radius 3 is 2.86 bits per heavy atom. The van der Waals surface area contributed by atoms with Crippen molar-refractivity contribution in [1.29, 1.82) is 0 Å². The van der Waals surface area contributed by atoms with Crippen molar-refractivity contribution in [2.75, 3.05) is 32.8 Å². The van der Waals surface area contributed by atoms with Crippen molar-refractivity contribution in [2.24, 2.45) is 10.4 Å². The molecular formula is C14H26N6O. The average Bonchev–Trinajstić information content (AvgIpc) is 2.90. The molecule has 0 aliphatic carbocycles. The highest BCUT2D eigenvalue weighted by Gasteiger charge is 2.33. The summed E-state index contributed by atoms with van der Waals surface area (Å²) in [4.78, 5) is 4.64. The predicted molar refractivity (Wildman–Crippen MR) is 82.3 cm³/mol. The van der Waals surface area contributed by atoms with Crippen molar-refractivity contribution >= 4 is 5.96 Å². The van der Waals surface area contributed by atoms with Crippen LogP contribution in [0.25, 0.3) is 0 Å². The Balaban J connectivity index is 1.80. The first-order valence-corrected chi connectivity index (χ1v) is 7.63. The maximum Gasteiger partial charge on any atom is 0.191 e. The second-order valence-electron chi connectivity index (χ2n) is 5.72. The minimum Gasteiger partial charge on any atom is -0.380 e. The number of aliphatic imine (C=N–C) groups is 1. The minimum absolute atomic E-state index is 0.200. The van der Waals surface area contributed by atoms with Crippen LogP contribution in [0.2, 0.25) is 0 Å². The van der Waals surface area contributed by atoms with Crippen LogP contribution in [0.3, 0.4) is 0 Å². The molecule has 1 saturated heterocycles. The third-order valence-electron chi connectivity index (χ3n) is 3.52. The number of ether oxygens (including phenoxy) is 1. The lowest BCUT2D eigenvalue weighted by atomic mass is 9.89. The Labute approximate surface area is 126 Å². The van der Waals surface area contributed by atoms with E-state index in [1.807, 2.05) is 0 Å². The van der Waals surface area contributed by atoms with Crippen molar-refractivity contribution in [3.63, 3.8) is 0 Å². The summed E-state index contributed by atoms with van der Waals surface area (Å²) >= 11 is 0. The smallest absolute Gasteiger partial charge is 0.191 e. The number of rotatable bonds is 7. The molecule has 1 aromatic rings. The molecule has 0 bridgehead atoms. The van der Waals surface area contributed by atoms with Crippen LogP contribution in [0.5, 0.6) is 0 Å². The van der Waals surface area contributed by atoms with Gasteiger partial charge in [-0.25, -0.2) is 0 Å². The quantitative estimate of drug-likeness (QED) is 0.563. The van der Waals surface area contributed by atoms with Gasteiger partial charge in [-0.3, -0.25) is 4.99 Å². The molecule has 1 aromatic heterocycles. The number of aryl methyl sites for hydroxylation is 1. The fraction of sp³-hybridized carbons (Fsp3) is 0.786. The van der Waals surface area contributed by atoms with E-state index in [-0.39, 0.29) is 5.41 Å². The summed E-state index contributed by atoms with van der Waals surface area (Å²) in [7, 11) is 0. The third kappa shape index (κ3) is 4.42. The second-order valence-corrected chi connectivity index (χ2v) is 5.72. The molecule has 0 atom stereocenters. The van der Waals surface area contributed by atoms with Crippen LogP contribution in [0, 0.1) is 5.41 Å². The zero-order valence-corrected chi connectivity index (χ0v) is 13.2. The number of nitrogens with one attached hydrogen (secondary N) is 2. The molecule has 0 amide bonds. The molecule has 0 spiro atoms. The molecular weight excluding hydrogens is 268 g/mol. The number of hydrogen-bond donors (Lipinski definition) is 2. The van der Waals surface area contributed by atoms with Crippen molar-refractivity contribution < 1.29 is 4.74 Å². The van der Waals surface area contributed by atoms with E-state index < -0.39 is 0 Å². The number of hydrogen-bond acceptors (Lipinski definition) is 4. The summed E-state index contributed by atoms with van der Waals surface area (Å²) < 4.78 is 7.33. The van der Waals surface area contributed by atoms with Crippen molar-refractivity contribution in [3.05, 3.63) is 12.2 Å². The van der Waals surface area contributed by atoms with Crippen LogP contribution in [-0.4, -0.2) is 53.6 Å². The lowest BCUT2D eigenvalue weighted by molar-refractivity contribution is -0.0945. The van der Waals surface area contributed by atoms with Gasteiger partial charge in [-0.2, -0.15) is 0 Å². The zero-order chi connectivity index (χ0) is 15.1. The van der Waals surface area contributed by atoms with Gasteiger partial charge in [0.1, 0.15) is 12.2 Å². The summed E-state index contributed by atoms with van der Waals surface area (Å²) in [6, 6.07) is 0. The van der Waals surface area contributed by atoms with Gasteiger partial charge in [-0.15, -0.1) is 10.2 Å². The largest absolute Gasteiger partial charge is 0.380 e. The summed E-state index contributed by atoms with van der Waals surface area (Å²) in [6.45, 7) is 11.2. The topological polar surface area (TPSA) is 76.4 Å². The predicted octanol–water partition coefficient (Wildman–Crippen LogP) is 0.432. The van der Waals surface area contributed by atoms with Crippen molar-refractivity contribution in [3.8, 4) is 0 Å². The molecule has 118 valence electrons. The highest BCUT2D eigenvalue weighted by atomic mass is 16.5. The molecule has 7 nitrogen and oxygen atoms in total. The standard InChI is InChI=1S/C14H26N6O/c1-4-12-19-18-11-20(12)7-6-16-13(15-5-2)17-8-14(3)9-21-10-14/h11H,4-10H2,1-3H3,(H2,15,16,17). The summed E-state index contributed by atoms with van der Waals surface area (Å²) in [6.07, 6.45) is 2.67. The van der Waals surface area contributed by atoms with Gasteiger partial charge in [0.2, 0.25) is 0 Å². The van der Waals surface area contributed by atoms with E-state index in [0.717, 1.165) is 57.6 Å². The summed E-state index contributed by atoms with van der Waals surface area (Å²) in [5.41, 5.74) is 0.200. The highest BCUT2D eigenvalue weighted by molar-refractivity contribution is 5.79. The van der Waals surface area contributed by atoms with Gasteiger partial charge in [-0.1, -0.05) is 13.8 Å². The second kappa shape index (κ2) is 7.40. The minimum atomic E-state index is 0.200. The monoisotopic (exact) mass is 294 g/mol. The van der Waals surface area contributed by atoms with Gasteiger partial charge in [0.05, 0.1) is 19.8 Å². The van der Waals surface area contributed by atoms with Crippen molar-refractivity contribution in [2.45, 2.75) is 33.7 Å². The summed E-state index contributed by atoms with van der Waals surface area (Å²) in [5.74, 6) is 1.87. The number of guanidine groups is 1. The molecule has 1 aliphatic rings. The van der Waals surface area contributed by atoms with E-state index in [1.54, 1.807) is 6.33 Å². The summed E-state index contributed by atoms with van der Waals surface area (Å²) in [5, 5.41) is 14.6. The molecule has 0 unspecified atom stereocenters. The average molecular weight is 294 g/mol. The van der Waals surface area contributed by atoms with Crippen LogP contribution in [-0.2, 0) is 17.7 Å². The maximum atomic E-state index is 5.26. The molecule has 2 heterocycles. The lowest BCUT2D eigenvalue weighted by Gasteiger charge is -2.36. The first-order valence-electron chi connectivity index (χ1n) is 7.63. The number of aromatic nitrogens is 3. The van der Waals surface area contributed by atoms with Crippen LogP contribution >= 0.6 is 0 Å². The van der Waals surface area contributed by atoms with Crippen LogP contribution in [0.1, 0.15) is 26.6 Å². The molecule has 0 aromatic carbocycles. The SMILES string of the molecule is CCNC(=NCC1(C)COC1)NCCn1cnnc1CC. The van der Waals surface area contributed by atoms with Gasteiger partial charge in [0.25, 0.3) is 0 Å². The van der Waals surface area contributed by atoms with E-state index in [4.69, 9.17) is 4.74 Å². The Bertz CT molecular complexity index is 466. The molecule has 7 heteroatoms. The Morgan fingerprint density at radius 1 is 1.43 bits per heavy atom. The molecule has 1 fully saturated rings. The molecule has 1 aliphatic heterocycles. The molecule has 0 radical (unpaired) electrons. The zero-order valence-electron chi connectivity index (χ0n) is 13.2. The van der Waals surface area contributed by atoms with Gasteiger partial charge in [-0.05, 0) is 6.92 Å². The fourth-order valence-electron chi connectivity index (χ4n) is 2.19. The highest BCUT2D eigenvalue weighted by Crippen LogP contribution is 2.26. The van der Waals surface area contributed by atoms with E-state index in [9.17, 15) is 0 Å². The molecule has 2 rings (SSSR count). The van der Waals surface area contributed by atoms with Gasteiger partial charge >= 0.3 is 0 Å². The van der Waals surface area contributed by atoms with E-state index >= 15 is 0 Å².